The molecule has 1 fully saturated rings. The van der Waals surface area contributed by atoms with E-state index in [9.17, 15) is 0 Å². The summed E-state index contributed by atoms with van der Waals surface area (Å²) in [5.41, 5.74) is 5.75. The minimum atomic E-state index is 0.566. The van der Waals surface area contributed by atoms with Crippen LogP contribution in [0.5, 0.6) is 0 Å². The summed E-state index contributed by atoms with van der Waals surface area (Å²) in [7, 11) is 0. The molecule has 1 aliphatic heterocycles. The summed E-state index contributed by atoms with van der Waals surface area (Å²) in [5.74, 6) is 1.21. The van der Waals surface area contributed by atoms with Crippen molar-refractivity contribution >= 4 is 11.8 Å². The Hall–Kier alpha value is 0.230. The molecule has 78 valence electrons. The fourth-order valence-electron chi connectivity index (χ4n) is 1.65. The van der Waals surface area contributed by atoms with Gasteiger partial charge in [-0.3, -0.25) is 4.90 Å². The molecule has 0 amide bonds. The van der Waals surface area contributed by atoms with Crippen LogP contribution in [0.2, 0.25) is 0 Å². The number of hydrogen-bond acceptors (Lipinski definition) is 4. The summed E-state index contributed by atoms with van der Waals surface area (Å²) in [6, 6.07) is 0.566. The average molecular weight is 204 g/mol. The van der Waals surface area contributed by atoms with Gasteiger partial charge >= 0.3 is 0 Å². The van der Waals surface area contributed by atoms with E-state index in [1.165, 1.54) is 12.2 Å². The minimum Gasteiger partial charge on any atom is -0.379 e. The predicted octanol–water partition coefficient (Wildman–Crippen LogP) is 0.399. The maximum absolute atomic E-state index is 5.75. The molecule has 0 radical (unpaired) electrons. The van der Waals surface area contributed by atoms with Gasteiger partial charge in [-0.2, -0.15) is 11.8 Å². The molecule has 1 aliphatic rings. The van der Waals surface area contributed by atoms with Crippen LogP contribution in [-0.2, 0) is 4.74 Å². The number of nitrogens with zero attached hydrogens (tertiary/aromatic N) is 1. The standard InChI is InChI=1S/C9H20N2OS/c1-13-7-2-9(8-10)11-3-5-12-6-4-11/h9H,2-8,10H2,1H3. The van der Waals surface area contributed by atoms with E-state index in [1.807, 2.05) is 11.8 Å². The maximum Gasteiger partial charge on any atom is 0.0594 e. The number of hydrogen-bond donors (Lipinski definition) is 1. The van der Waals surface area contributed by atoms with E-state index in [2.05, 4.69) is 11.2 Å². The molecule has 0 aliphatic carbocycles. The number of morpholine rings is 1. The number of thioether (sulfide) groups is 1. The van der Waals surface area contributed by atoms with Gasteiger partial charge in [0.15, 0.2) is 0 Å². The quantitative estimate of drug-likeness (QED) is 0.703. The van der Waals surface area contributed by atoms with Crippen LogP contribution >= 0.6 is 11.8 Å². The molecule has 3 nitrogen and oxygen atoms in total. The predicted molar refractivity (Wildman–Crippen MR) is 58.2 cm³/mol. The van der Waals surface area contributed by atoms with Crippen LogP contribution < -0.4 is 5.73 Å². The molecular formula is C9H20N2OS. The summed E-state index contributed by atoms with van der Waals surface area (Å²) in [4.78, 5) is 2.46. The first-order chi connectivity index (χ1) is 6.38. The normalized spacial score (nSPS) is 21.7. The highest BCUT2D eigenvalue weighted by atomic mass is 32.2. The number of ether oxygens (including phenoxy) is 1. The second-order valence-corrected chi connectivity index (χ2v) is 4.30. The van der Waals surface area contributed by atoms with Crippen LogP contribution in [0.4, 0.5) is 0 Å². The van der Waals surface area contributed by atoms with Crippen molar-refractivity contribution in [1.82, 2.24) is 4.90 Å². The van der Waals surface area contributed by atoms with Crippen molar-refractivity contribution in [2.45, 2.75) is 12.5 Å². The van der Waals surface area contributed by atoms with Gasteiger partial charge in [0.1, 0.15) is 0 Å². The molecule has 1 heterocycles. The second-order valence-electron chi connectivity index (χ2n) is 3.32. The van der Waals surface area contributed by atoms with Gasteiger partial charge in [-0.25, -0.2) is 0 Å². The fraction of sp³-hybridized carbons (Fsp3) is 1.00. The fourth-order valence-corrected chi connectivity index (χ4v) is 2.15. The van der Waals surface area contributed by atoms with Gasteiger partial charge in [-0.05, 0) is 18.4 Å². The van der Waals surface area contributed by atoms with Crippen LogP contribution in [-0.4, -0.2) is 55.8 Å². The van der Waals surface area contributed by atoms with Crippen LogP contribution in [0.15, 0.2) is 0 Å². The van der Waals surface area contributed by atoms with Crippen molar-refractivity contribution in [2.24, 2.45) is 5.73 Å². The van der Waals surface area contributed by atoms with Crippen LogP contribution in [0.25, 0.3) is 0 Å². The average Bonchev–Trinajstić information content (AvgIpc) is 2.21. The lowest BCUT2D eigenvalue weighted by Gasteiger charge is -2.33. The molecule has 0 aromatic carbocycles. The van der Waals surface area contributed by atoms with Gasteiger partial charge < -0.3 is 10.5 Å². The van der Waals surface area contributed by atoms with Gasteiger partial charge in [0, 0.05) is 25.7 Å². The van der Waals surface area contributed by atoms with Crippen molar-refractivity contribution in [3.63, 3.8) is 0 Å². The van der Waals surface area contributed by atoms with Crippen molar-refractivity contribution in [3.8, 4) is 0 Å². The first-order valence-electron chi connectivity index (χ1n) is 4.89. The molecule has 0 spiro atoms. The summed E-state index contributed by atoms with van der Waals surface area (Å²) in [5, 5.41) is 0. The van der Waals surface area contributed by atoms with E-state index in [0.717, 1.165) is 32.8 Å². The van der Waals surface area contributed by atoms with Gasteiger partial charge in [0.05, 0.1) is 13.2 Å². The second kappa shape index (κ2) is 6.65. The Labute approximate surface area is 85.0 Å². The van der Waals surface area contributed by atoms with E-state index >= 15 is 0 Å². The minimum absolute atomic E-state index is 0.566. The molecule has 0 bridgehead atoms. The van der Waals surface area contributed by atoms with E-state index in [4.69, 9.17) is 10.5 Å². The lowest BCUT2D eigenvalue weighted by Crippen LogP contribution is -2.47. The highest BCUT2D eigenvalue weighted by Crippen LogP contribution is 2.09. The van der Waals surface area contributed by atoms with Crippen molar-refractivity contribution in [2.75, 3.05) is 44.9 Å². The highest BCUT2D eigenvalue weighted by Gasteiger charge is 2.18. The maximum atomic E-state index is 5.75. The molecule has 1 atom stereocenters. The summed E-state index contributed by atoms with van der Waals surface area (Å²) < 4.78 is 5.31. The molecule has 0 aromatic rings. The summed E-state index contributed by atoms with van der Waals surface area (Å²) in [6.07, 6.45) is 3.35. The van der Waals surface area contributed by atoms with Gasteiger partial charge in [0.2, 0.25) is 0 Å². The Bertz CT molecular complexity index is 129. The molecule has 1 saturated heterocycles. The highest BCUT2D eigenvalue weighted by molar-refractivity contribution is 7.98. The van der Waals surface area contributed by atoms with Crippen molar-refractivity contribution in [1.29, 1.82) is 0 Å². The van der Waals surface area contributed by atoms with Crippen molar-refractivity contribution in [3.05, 3.63) is 0 Å². The Morgan fingerprint density at radius 3 is 2.69 bits per heavy atom. The molecule has 0 saturated carbocycles. The number of rotatable bonds is 5. The Morgan fingerprint density at radius 2 is 2.15 bits per heavy atom. The van der Waals surface area contributed by atoms with Crippen LogP contribution in [0.1, 0.15) is 6.42 Å². The molecule has 4 heteroatoms. The third kappa shape index (κ3) is 3.85. The zero-order valence-electron chi connectivity index (χ0n) is 8.37. The SMILES string of the molecule is CSCCC(CN)N1CCOCC1. The zero-order chi connectivity index (χ0) is 9.52. The largest absolute Gasteiger partial charge is 0.379 e. The molecule has 2 N–H and O–H groups in total. The van der Waals surface area contributed by atoms with Gasteiger partial charge in [-0.15, -0.1) is 0 Å². The van der Waals surface area contributed by atoms with E-state index in [0.29, 0.717) is 6.04 Å². The van der Waals surface area contributed by atoms with Crippen molar-refractivity contribution < 1.29 is 4.74 Å². The molecule has 1 rings (SSSR count). The Balaban J connectivity index is 2.26. The lowest BCUT2D eigenvalue weighted by atomic mass is 10.2. The molecule has 0 aromatic heterocycles. The Kier molecular flexibility index (Phi) is 5.78. The van der Waals surface area contributed by atoms with E-state index < -0.39 is 0 Å². The van der Waals surface area contributed by atoms with Crippen LogP contribution in [0.3, 0.4) is 0 Å². The first-order valence-corrected chi connectivity index (χ1v) is 6.28. The monoisotopic (exact) mass is 204 g/mol. The zero-order valence-corrected chi connectivity index (χ0v) is 9.18. The first kappa shape index (κ1) is 11.3. The van der Waals surface area contributed by atoms with Gasteiger partial charge in [0.25, 0.3) is 0 Å². The smallest absolute Gasteiger partial charge is 0.0594 e. The summed E-state index contributed by atoms with van der Waals surface area (Å²) in [6.45, 7) is 4.62. The molecule has 13 heavy (non-hydrogen) atoms. The molecule has 1 unspecified atom stereocenters. The Morgan fingerprint density at radius 1 is 1.46 bits per heavy atom. The summed E-state index contributed by atoms with van der Waals surface area (Å²) >= 11 is 1.90. The lowest BCUT2D eigenvalue weighted by molar-refractivity contribution is 0.0178. The van der Waals surface area contributed by atoms with Gasteiger partial charge in [-0.1, -0.05) is 0 Å². The van der Waals surface area contributed by atoms with Crippen LogP contribution in [0, 0.1) is 0 Å². The third-order valence-corrected chi connectivity index (χ3v) is 3.13. The molecular weight excluding hydrogens is 184 g/mol. The van der Waals surface area contributed by atoms with E-state index in [1.54, 1.807) is 0 Å². The third-order valence-electron chi connectivity index (χ3n) is 2.49. The topological polar surface area (TPSA) is 38.5 Å². The van der Waals surface area contributed by atoms with E-state index in [-0.39, 0.29) is 0 Å². The number of nitrogens with two attached hydrogens (primary N) is 1.